The van der Waals surface area contributed by atoms with Crippen LogP contribution in [-0.2, 0) is 19.1 Å². The molecule has 0 aromatic heterocycles. The van der Waals surface area contributed by atoms with Gasteiger partial charge < -0.3 is 9.47 Å². The molecule has 0 unspecified atom stereocenters. The minimum Gasteiger partial charge on any atom is -0.434 e. The number of hydrogen-bond donors (Lipinski definition) is 0. The zero-order valence-corrected chi connectivity index (χ0v) is 11.8. The van der Waals surface area contributed by atoms with E-state index in [4.69, 9.17) is 9.47 Å². The number of rotatable bonds is 7. The van der Waals surface area contributed by atoms with Gasteiger partial charge in [-0.1, -0.05) is 13.8 Å². The third-order valence-corrected chi connectivity index (χ3v) is 2.19. The molecule has 0 radical (unpaired) electrons. The lowest BCUT2D eigenvalue weighted by molar-refractivity contribution is -0.252. The molecule has 0 atom stereocenters. The minimum atomic E-state index is -1.01. The normalized spacial score (nSPS) is 12.4. The third kappa shape index (κ3) is 7.10. The first-order valence-electron chi connectivity index (χ1n) is 6.05. The molecule has 0 fully saturated rings. The van der Waals surface area contributed by atoms with Gasteiger partial charge in [0.25, 0.3) is 0 Å². The molecule has 0 rings (SSSR count). The van der Waals surface area contributed by atoms with Gasteiger partial charge in [0.1, 0.15) is 5.78 Å². The van der Waals surface area contributed by atoms with Crippen molar-refractivity contribution in [3.05, 3.63) is 0 Å². The Morgan fingerprint density at radius 1 is 1.00 bits per heavy atom. The van der Waals surface area contributed by atoms with E-state index >= 15 is 0 Å². The highest BCUT2D eigenvalue weighted by Crippen LogP contribution is 2.25. The summed E-state index contributed by atoms with van der Waals surface area (Å²) in [4.78, 5) is 22.6. The fourth-order valence-corrected chi connectivity index (χ4v) is 1.67. The summed E-state index contributed by atoms with van der Waals surface area (Å²) < 4.78 is 10.9. The molecule has 0 aromatic carbocycles. The van der Waals surface area contributed by atoms with Gasteiger partial charge in [0.15, 0.2) is 0 Å². The van der Waals surface area contributed by atoms with Gasteiger partial charge in [-0.05, 0) is 13.8 Å². The van der Waals surface area contributed by atoms with Crippen LogP contribution in [0.25, 0.3) is 0 Å². The molecule has 0 amide bonds. The summed E-state index contributed by atoms with van der Waals surface area (Å²) >= 11 is 0. The van der Waals surface area contributed by atoms with E-state index in [9.17, 15) is 9.59 Å². The lowest BCUT2D eigenvalue weighted by Gasteiger charge is -2.35. The highest BCUT2D eigenvalue weighted by Gasteiger charge is 2.33. The monoisotopic (exact) mass is 244 g/mol. The van der Waals surface area contributed by atoms with Crippen molar-refractivity contribution in [2.45, 2.75) is 72.2 Å². The Morgan fingerprint density at radius 3 is 1.94 bits per heavy atom. The Bertz CT molecular complexity index is 251. The number of carbonyl (C=O) groups is 2. The first-order chi connectivity index (χ1) is 7.62. The molecular weight excluding hydrogens is 220 g/mol. The van der Waals surface area contributed by atoms with Crippen LogP contribution in [0.1, 0.15) is 60.8 Å². The van der Waals surface area contributed by atoms with Gasteiger partial charge in [0.2, 0.25) is 5.79 Å². The molecule has 0 aromatic rings. The molecule has 0 bridgehead atoms. The van der Waals surface area contributed by atoms with Crippen LogP contribution >= 0.6 is 0 Å². The molecular formula is C13H24O4. The number of ketones is 1. The van der Waals surface area contributed by atoms with Gasteiger partial charge in [0, 0.05) is 33.1 Å². The number of carbonyl (C=O) groups excluding carboxylic acids is 2. The van der Waals surface area contributed by atoms with E-state index in [1.807, 2.05) is 20.8 Å². The number of hydrogen-bond acceptors (Lipinski definition) is 4. The van der Waals surface area contributed by atoms with Gasteiger partial charge >= 0.3 is 5.97 Å². The summed E-state index contributed by atoms with van der Waals surface area (Å²) in [6.45, 7) is 10.5. The van der Waals surface area contributed by atoms with Crippen molar-refractivity contribution >= 4 is 11.8 Å². The molecule has 0 aliphatic rings. The predicted octanol–water partition coefficient (Wildman–Crippen LogP) is 2.84. The SMILES string of the molecule is CCC(=O)CC(C)(C)OC(C)(C)OC(=O)CC. The maximum atomic E-state index is 11.4. The van der Waals surface area contributed by atoms with Crippen LogP contribution in [-0.4, -0.2) is 23.1 Å². The smallest absolute Gasteiger partial charge is 0.307 e. The number of ether oxygens (including phenoxy) is 2. The second-order valence-electron chi connectivity index (χ2n) is 5.16. The summed E-state index contributed by atoms with van der Waals surface area (Å²) in [5.41, 5.74) is -0.634. The second kappa shape index (κ2) is 6.15. The fraction of sp³-hybridized carbons (Fsp3) is 0.846. The minimum absolute atomic E-state index is 0.132. The summed E-state index contributed by atoms with van der Waals surface area (Å²) in [5, 5.41) is 0. The average molecular weight is 244 g/mol. The van der Waals surface area contributed by atoms with Crippen LogP contribution in [0.2, 0.25) is 0 Å². The Kier molecular flexibility index (Phi) is 5.82. The molecule has 0 saturated heterocycles. The summed E-state index contributed by atoms with van der Waals surface area (Å²) in [5.74, 6) is -1.19. The van der Waals surface area contributed by atoms with E-state index in [1.54, 1.807) is 20.8 Å². The number of Topliss-reactive ketones (excluding diaryl/α,β-unsaturated/α-hetero) is 1. The molecule has 0 spiro atoms. The fourth-order valence-electron chi connectivity index (χ4n) is 1.67. The van der Waals surface area contributed by atoms with Crippen molar-refractivity contribution in [2.75, 3.05) is 0 Å². The quantitative estimate of drug-likeness (QED) is 0.510. The maximum Gasteiger partial charge on any atom is 0.307 e. The van der Waals surface area contributed by atoms with Gasteiger partial charge in [-0.3, -0.25) is 9.59 Å². The van der Waals surface area contributed by atoms with Crippen LogP contribution in [0.5, 0.6) is 0 Å². The summed E-state index contributed by atoms with van der Waals surface area (Å²) in [6, 6.07) is 0. The lowest BCUT2D eigenvalue weighted by Crippen LogP contribution is -2.41. The molecule has 4 heteroatoms. The molecule has 0 heterocycles. The Hall–Kier alpha value is -0.900. The van der Waals surface area contributed by atoms with Gasteiger partial charge in [-0.25, -0.2) is 0 Å². The van der Waals surface area contributed by atoms with E-state index in [-0.39, 0.29) is 11.8 Å². The Morgan fingerprint density at radius 2 is 1.53 bits per heavy atom. The van der Waals surface area contributed by atoms with E-state index in [2.05, 4.69) is 0 Å². The molecule has 4 nitrogen and oxygen atoms in total. The summed E-state index contributed by atoms with van der Waals surface area (Å²) in [7, 11) is 0. The van der Waals surface area contributed by atoms with Crippen molar-refractivity contribution in [1.82, 2.24) is 0 Å². The highest BCUT2D eigenvalue weighted by molar-refractivity contribution is 5.79. The van der Waals surface area contributed by atoms with E-state index in [0.717, 1.165) is 0 Å². The molecule has 0 aliphatic carbocycles. The van der Waals surface area contributed by atoms with Crippen molar-refractivity contribution in [3.8, 4) is 0 Å². The van der Waals surface area contributed by atoms with Gasteiger partial charge in [-0.2, -0.15) is 0 Å². The zero-order chi connectivity index (χ0) is 13.7. The average Bonchev–Trinajstić information content (AvgIpc) is 2.13. The molecule has 0 saturated carbocycles. The maximum absolute atomic E-state index is 11.4. The van der Waals surface area contributed by atoms with E-state index in [0.29, 0.717) is 19.3 Å². The van der Waals surface area contributed by atoms with Crippen molar-refractivity contribution in [1.29, 1.82) is 0 Å². The van der Waals surface area contributed by atoms with Crippen molar-refractivity contribution < 1.29 is 19.1 Å². The first kappa shape index (κ1) is 16.1. The molecule has 0 aliphatic heterocycles. The molecule has 0 N–H and O–H groups in total. The standard InChI is InChI=1S/C13H24O4/c1-7-10(14)9-12(3,4)17-13(5,6)16-11(15)8-2/h7-9H2,1-6H3. The van der Waals surface area contributed by atoms with Gasteiger partial charge in [0.05, 0.1) is 5.60 Å². The Labute approximate surface area is 104 Å². The summed E-state index contributed by atoms with van der Waals surface area (Å²) in [6.07, 6.45) is 1.11. The van der Waals surface area contributed by atoms with Crippen LogP contribution in [0.4, 0.5) is 0 Å². The number of esters is 1. The van der Waals surface area contributed by atoms with Crippen LogP contribution in [0.3, 0.4) is 0 Å². The molecule has 17 heavy (non-hydrogen) atoms. The third-order valence-electron chi connectivity index (χ3n) is 2.19. The van der Waals surface area contributed by atoms with Crippen LogP contribution in [0, 0.1) is 0 Å². The van der Waals surface area contributed by atoms with Crippen LogP contribution < -0.4 is 0 Å². The highest BCUT2D eigenvalue weighted by atomic mass is 16.7. The largest absolute Gasteiger partial charge is 0.434 e. The van der Waals surface area contributed by atoms with E-state index < -0.39 is 11.4 Å². The van der Waals surface area contributed by atoms with Gasteiger partial charge in [-0.15, -0.1) is 0 Å². The van der Waals surface area contributed by atoms with Crippen molar-refractivity contribution in [2.24, 2.45) is 0 Å². The topological polar surface area (TPSA) is 52.6 Å². The van der Waals surface area contributed by atoms with E-state index in [1.165, 1.54) is 0 Å². The first-order valence-corrected chi connectivity index (χ1v) is 6.05. The lowest BCUT2D eigenvalue weighted by atomic mass is 10.00. The molecule has 100 valence electrons. The predicted molar refractivity (Wildman–Crippen MR) is 65.5 cm³/mol. The Balaban J connectivity index is 4.46. The van der Waals surface area contributed by atoms with Crippen LogP contribution in [0.15, 0.2) is 0 Å². The second-order valence-corrected chi connectivity index (χ2v) is 5.16. The zero-order valence-electron chi connectivity index (χ0n) is 11.8. The van der Waals surface area contributed by atoms with Crippen molar-refractivity contribution in [3.63, 3.8) is 0 Å².